The first-order chi connectivity index (χ1) is 23.3. The van der Waals surface area contributed by atoms with Gasteiger partial charge in [-0.2, -0.15) is 0 Å². The van der Waals surface area contributed by atoms with E-state index in [4.69, 9.17) is 9.47 Å². The molecule has 4 rings (SSSR count). The normalized spacial score (nSPS) is 15.3. The van der Waals surface area contributed by atoms with Crippen molar-refractivity contribution in [3.8, 4) is 0 Å². The van der Waals surface area contributed by atoms with E-state index in [0.717, 1.165) is 16.7 Å². The molecule has 1 amide bonds. The molecule has 1 N–H and O–H groups in total. The molecule has 3 aromatic carbocycles. The number of carbonyl (C=O) groups excluding carboxylic acids is 4. The van der Waals surface area contributed by atoms with Gasteiger partial charge in [0, 0.05) is 31.8 Å². The first kappa shape index (κ1) is 36.7. The van der Waals surface area contributed by atoms with Crippen LogP contribution in [-0.4, -0.2) is 67.2 Å². The summed E-state index contributed by atoms with van der Waals surface area (Å²) in [6.07, 6.45) is 1.92. The molecule has 1 saturated heterocycles. The lowest BCUT2D eigenvalue weighted by Crippen LogP contribution is -2.46. The van der Waals surface area contributed by atoms with Crippen molar-refractivity contribution in [3.63, 3.8) is 0 Å². The van der Waals surface area contributed by atoms with Crippen LogP contribution in [0.3, 0.4) is 0 Å². The van der Waals surface area contributed by atoms with Crippen LogP contribution in [0.25, 0.3) is 0 Å². The van der Waals surface area contributed by atoms with Crippen LogP contribution in [0.5, 0.6) is 0 Å². The number of esters is 1. The van der Waals surface area contributed by atoms with E-state index in [0.29, 0.717) is 52.0 Å². The van der Waals surface area contributed by atoms with Crippen LogP contribution < -0.4 is 5.32 Å². The lowest BCUT2D eigenvalue weighted by atomic mass is 9.88. The van der Waals surface area contributed by atoms with Crippen molar-refractivity contribution in [2.24, 2.45) is 17.8 Å². The molecule has 8 nitrogen and oxygen atoms in total. The molecule has 0 aliphatic carbocycles. The average Bonchev–Trinajstić information content (AvgIpc) is 3.10. The Morgan fingerprint density at radius 2 is 1.35 bits per heavy atom. The Labute approximate surface area is 285 Å². The lowest BCUT2D eigenvalue weighted by molar-refractivity contribution is -0.151. The maximum absolute atomic E-state index is 14.0. The molecule has 0 radical (unpaired) electrons. The topological polar surface area (TPSA) is 102 Å². The van der Waals surface area contributed by atoms with Gasteiger partial charge in [-0.15, -0.1) is 0 Å². The van der Waals surface area contributed by atoms with E-state index in [9.17, 15) is 19.2 Å². The zero-order valence-electron chi connectivity index (χ0n) is 28.4. The van der Waals surface area contributed by atoms with Crippen molar-refractivity contribution in [3.05, 3.63) is 108 Å². The fourth-order valence-electron chi connectivity index (χ4n) is 6.06. The van der Waals surface area contributed by atoms with E-state index in [1.807, 2.05) is 105 Å². The summed E-state index contributed by atoms with van der Waals surface area (Å²) in [7, 11) is 0. The van der Waals surface area contributed by atoms with E-state index in [1.54, 1.807) is 0 Å². The number of hydrogen-bond donors (Lipinski definition) is 1. The SMILES string of the molecule is CC(C)C[C@H](NC(=O)[C@@H](CCc1ccccc1)CC(=O)CN1CCOCC1)C(=O)C[C@@H](Cc1ccccc1)C(=O)OCc1ccccc1. The average molecular weight is 655 g/mol. The van der Waals surface area contributed by atoms with Gasteiger partial charge in [-0.05, 0) is 48.3 Å². The lowest BCUT2D eigenvalue weighted by Gasteiger charge is -2.27. The van der Waals surface area contributed by atoms with E-state index in [2.05, 4.69) is 10.2 Å². The molecule has 0 spiro atoms. The van der Waals surface area contributed by atoms with E-state index >= 15 is 0 Å². The molecule has 3 aromatic rings. The Bertz CT molecular complexity index is 1420. The second-order valence-corrected chi connectivity index (χ2v) is 13.2. The summed E-state index contributed by atoms with van der Waals surface area (Å²) in [6.45, 7) is 6.96. The zero-order valence-corrected chi connectivity index (χ0v) is 28.4. The largest absolute Gasteiger partial charge is 0.461 e. The highest BCUT2D eigenvalue weighted by Crippen LogP contribution is 2.21. The molecule has 0 aromatic heterocycles. The van der Waals surface area contributed by atoms with E-state index < -0.39 is 23.8 Å². The molecule has 3 atom stereocenters. The Morgan fingerprint density at radius 1 is 0.771 bits per heavy atom. The van der Waals surface area contributed by atoms with Crippen LogP contribution in [0.15, 0.2) is 91.0 Å². The van der Waals surface area contributed by atoms with E-state index in [-0.39, 0.29) is 49.4 Å². The molecule has 0 unspecified atom stereocenters. The Hall–Kier alpha value is -4.14. The predicted molar refractivity (Wildman–Crippen MR) is 186 cm³/mol. The maximum atomic E-state index is 14.0. The molecule has 0 saturated carbocycles. The summed E-state index contributed by atoms with van der Waals surface area (Å²) in [6, 6.07) is 28.1. The first-order valence-corrected chi connectivity index (χ1v) is 17.2. The molecule has 48 heavy (non-hydrogen) atoms. The molecule has 8 heteroatoms. The molecule has 1 aliphatic heterocycles. The fraction of sp³-hybridized carbons (Fsp3) is 0.450. The van der Waals surface area contributed by atoms with Crippen LogP contribution in [-0.2, 0) is 48.1 Å². The molecular weight excluding hydrogens is 604 g/mol. The van der Waals surface area contributed by atoms with Crippen LogP contribution in [0.1, 0.15) is 56.2 Å². The van der Waals surface area contributed by atoms with Crippen molar-refractivity contribution in [1.29, 1.82) is 0 Å². The van der Waals surface area contributed by atoms with Gasteiger partial charge in [0.2, 0.25) is 5.91 Å². The standard InChI is InChI=1S/C40H50N2O6/c1-30(2)24-37(38(44)27-35(25-32-14-8-4-9-15-32)40(46)48-29-33-16-10-5-11-17-33)41-39(45)34(19-18-31-12-6-3-7-13-31)26-36(43)28-42-20-22-47-23-21-42/h3-17,30,34-35,37H,18-29H2,1-2H3,(H,41,45)/t34-,35+,37-/m0/s1. The first-order valence-electron chi connectivity index (χ1n) is 17.2. The Balaban J connectivity index is 1.46. The van der Waals surface area contributed by atoms with Gasteiger partial charge in [0.1, 0.15) is 12.4 Å². The number of morpholine rings is 1. The van der Waals surface area contributed by atoms with Gasteiger partial charge in [0.25, 0.3) is 0 Å². The third kappa shape index (κ3) is 12.8. The van der Waals surface area contributed by atoms with Gasteiger partial charge in [0.05, 0.1) is 31.7 Å². The van der Waals surface area contributed by atoms with Crippen molar-refractivity contribution in [2.75, 3.05) is 32.8 Å². The molecule has 1 aliphatic rings. The quantitative estimate of drug-likeness (QED) is 0.168. The van der Waals surface area contributed by atoms with Crippen LogP contribution >= 0.6 is 0 Å². The molecule has 0 bridgehead atoms. The summed E-state index contributed by atoms with van der Waals surface area (Å²) >= 11 is 0. The number of ether oxygens (including phenoxy) is 2. The molecule has 1 fully saturated rings. The van der Waals surface area contributed by atoms with Gasteiger partial charge in [-0.1, -0.05) is 105 Å². The van der Waals surface area contributed by atoms with Crippen LogP contribution in [0.2, 0.25) is 0 Å². The second-order valence-electron chi connectivity index (χ2n) is 13.2. The minimum Gasteiger partial charge on any atom is -0.461 e. The number of aryl methyl sites for hydroxylation is 1. The van der Waals surface area contributed by atoms with Gasteiger partial charge in [0.15, 0.2) is 5.78 Å². The highest BCUT2D eigenvalue weighted by molar-refractivity contribution is 5.93. The van der Waals surface area contributed by atoms with Gasteiger partial charge in [-0.25, -0.2) is 0 Å². The number of benzene rings is 3. The van der Waals surface area contributed by atoms with Crippen molar-refractivity contribution in [1.82, 2.24) is 10.2 Å². The third-order valence-corrected chi connectivity index (χ3v) is 8.71. The number of rotatable bonds is 19. The smallest absolute Gasteiger partial charge is 0.310 e. The summed E-state index contributed by atoms with van der Waals surface area (Å²) in [5, 5.41) is 3.03. The molecule has 256 valence electrons. The highest BCUT2D eigenvalue weighted by Gasteiger charge is 2.32. The summed E-state index contributed by atoms with van der Waals surface area (Å²) in [5.74, 6) is -2.14. The minimum absolute atomic E-state index is 0.000865. The van der Waals surface area contributed by atoms with Crippen molar-refractivity contribution in [2.45, 2.75) is 65.0 Å². The number of nitrogens with zero attached hydrogens (tertiary/aromatic N) is 1. The Morgan fingerprint density at radius 3 is 1.96 bits per heavy atom. The second kappa shape index (κ2) is 19.6. The third-order valence-electron chi connectivity index (χ3n) is 8.71. The number of nitrogens with one attached hydrogen (secondary N) is 1. The van der Waals surface area contributed by atoms with Crippen LogP contribution in [0, 0.1) is 17.8 Å². The van der Waals surface area contributed by atoms with E-state index in [1.165, 1.54) is 0 Å². The number of Topliss-reactive ketones (excluding diaryl/α,β-unsaturated/α-hetero) is 2. The fourth-order valence-corrected chi connectivity index (χ4v) is 6.06. The summed E-state index contributed by atoms with van der Waals surface area (Å²) in [4.78, 5) is 56.6. The number of hydrogen-bond acceptors (Lipinski definition) is 7. The summed E-state index contributed by atoms with van der Waals surface area (Å²) in [5.41, 5.74) is 2.88. The van der Waals surface area contributed by atoms with Crippen LogP contribution in [0.4, 0.5) is 0 Å². The number of amides is 1. The van der Waals surface area contributed by atoms with Gasteiger partial charge in [-0.3, -0.25) is 24.1 Å². The summed E-state index contributed by atoms with van der Waals surface area (Å²) < 4.78 is 11.1. The minimum atomic E-state index is -0.786. The van der Waals surface area contributed by atoms with Gasteiger partial charge >= 0.3 is 5.97 Å². The molecule has 1 heterocycles. The van der Waals surface area contributed by atoms with Crippen molar-refractivity contribution >= 4 is 23.4 Å². The predicted octanol–water partition coefficient (Wildman–Crippen LogP) is 5.62. The van der Waals surface area contributed by atoms with Gasteiger partial charge < -0.3 is 14.8 Å². The Kier molecular flexibility index (Phi) is 15.0. The molecular formula is C40H50N2O6. The number of ketones is 2. The monoisotopic (exact) mass is 654 g/mol. The van der Waals surface area contributed by atoms with Crippen molar-refractivity contribution < 1.29 is 28.7 Å². The zero-order chi connectivity index (χ0) is 34.1. The highest BCUT2D eigenvalue weighted by atomic mass is 16.5. The maximum Gasteiger partial charge on any atom is 0.310 e. The number of carbonyl (C=O) groups is 4.